The molecule has 0 spiro atoms. The van der Waals surface area contributed by atoms with E-state index in [9.17, 15) is 19.2 Å². The second kappa shape index (κ2) is 12.7. The Morgan fingerprint density at radius 1 is 0.722 bits per heavy atom. The number of anilines is 1. The number of benzene rings is 2. The molecule has 0 atom stereocenters. The molecule has 0 aliphatic rings. The fourth-order valence-corrected chi connectivity index (χ4v) is 3.37. The maximum absolute atomic E-state index is 12.4. The van der Waals surface area contributed by atoms with Gasteiger partial charge in [-0.1, -0.05) is 71.9 Å². The number of ether oxygens (including phenoxy) is 2. The van der Waals surface area contributed by atoms with Gasteiger partial charge in [-0.05, 0) is 23.8 Å². The Kier molecular flexibility index (Phi) is 10.3. The molecular weight excluding hydrogens is 458 g/mol. The maximum Gasteiger partial charge on any atom is 0.250 e. The average molecular weight is 496 g/mol. The number of carbonyl (C=O) groups is 4. The molecule has 0 fully saturated rings. The van der Waals surface area contributed by atoms with Crippen LogP contribution >= 0.6 is 0 Å². The first kappa shape index (κ1) is 29.1. The van der Waals surface area contributed by atoms with Crippen LogP contribution in [-0.4, -0.2) is 49.7 Å². The summed E-state index contributed by atoms with van der Waals surface area (Å²) in [6, 6.07) is 13.9. The van der Waals surface area contributed by atoms with Crippen LogP contribution in [0.5, 0.6) is 0 Å². The van der Waals surface area contributed by atoms with Crippen LogP contribution in [-0.2, 0) is 25.5 Å². The molecule has 0 aliphatic carbocycles. The minimum Gasteiger partial charge on any atom is -0.371 e. The first-order chi connectivity index (χ1) is 16.8. The standard InChI is InChI=1S/C29H37NO6/c1-28(2,3)26(33)21-10-7-9-20(15-21)16-24(31)18-35-13-14-36-19-25(32)30-23-12-8-11-22(17-23)27(34)29(4,5)6/h7-12,15,17H,13-14,16,18-19H2,1-6H3,(H,30,32). The van der Waals surface area contributed by atoms with Gasteiger partial charge in [-0.25, -0.2) is 0 Å². The number of amides is 1. The third kappa shape index (κ3) is 9.47. The second-order valence-corrected chi connectivity index (χ2v) is 10.8. The van der Waals surface area contributed by atoms with E-state index in [0.717, 1.165) is 5.56 Å². The largest absolute Gasteiger partial charge is 0.371 e. The molecule has 0 radical (unpaired) electrons. The zero-order valence-electron chi connectivity index (χ0n) is 22.1. The van der Waals surface area contributed by atoms with E-state index in [1.165, 1.54) is 0 Å². The Hall–Kier alpha value is -3.16. The summed E-state index contributed by atoms with van der Waals surface area (Å²) in [5.41, 5.74) is 1.41. The van der Waals surface area contributed by atoms with Gasteiger partial charge >= 0.3 is 0 Å². The quantitative estimate of drug-likeness (QED) is 0.331. The number of carbonyl (C=O) groups excluding carboxylic acids is 4. The van der Waals surface area contributed by atoms with Crippen molar-refractivity contribution >= 4 is 28.9 Å². The van der Waals surface area contributed by atoms with Gasteiger partial charge < -0.3 is 14.8 Å². The highest BCUT2D eigenvalue weighted by Crippen LogP contribution is 2.23. The molecule has 0 unspecified atom stereocenters. The molecule has 0 aliphatic heterocycles. The third-order valence-electron chi connectivity index (χ3n) is 5.23. The van der Waals surface area contributed by atoms with Crippen molar-refractivity contribution in [2.75, 3.05) is 31.7 Å². The average Bonchev–Trinajstić information content (AvgIpc) is 2.79. The molecule has 194 valence electrons. The summed E-state index contributed by atoms with van der Waals surface area (Å²) in [5.74, 6) is -0.443. The van der Waals surface area contributed by atoms with Crippen LogP contribution < -0.4 is 5.32 Å². The minimum absolute atomic E-state index is 0.00681. The summed E-state index contributed by atoms with van der Waals surface area (Å²) in [5, 5.41) is 2.71. The van der Waals surface area contributed by atoms with Crippen LogP contribution in [0.4, 0.5) is 5.69 Å². The van der Waals surface area contributed by atoms with Crippen molar-refractivity contribution in [3.63, 3.8) is 0 Å². The first-order valence-electron chi connectivity index (χ1n) is 12.0. The van der Waals surface area contributed by atoms with Crippen LogP contribution in [0.15, 0.2) is 48.5 Å². The van der Waals surface area contributed by atoms with Crippen LogP contribution in [0, 0.1) is 10.8 Å². The summed E-state index contributed by atoms with van der Waals surface area (Å²) in [4.78, 5) is 49.2. The van der Waals surface area contributed by atoms with E-state index in [1.807, 2.05) is 47.6 Å². The van der Waals surface area contributed by atoms with E-state index in [-0.39, 0.29) is 56.1 Å². The Morgan fingerprint density at radius 2 is 1.25 bits per heavy atom. The van der Waals surface area contributed by atoms with Crippen LogP contribution in [0.25, 0.3) is 0 Å². The zero-order valence-corrected chi connectivity index (χ0v) is 22.1. The molecule has 0 saturated heterocycles. The van der Waals surface area contributed by atoms with E-state index < -0.39 is 10.8 Å². The van der Waals surface area contributed by atoms with Gasteiger partial charge in [0.25, 0.3) is 0 Å². The van der Waals surface area contributed by atoms with Gasteiger partial charge in [-0.2, -0.15) is 0 Å². The number of Topliss-reactive ketones (excluding diaryl/α,β-unsaturated/α-hetero) is 3. The smallest absolute Gasteiger partial charge is 0.250 e. The molecule has 0 saturated carbocycles. The molecule has 7 nitrogen and oxygen atoms in total. The van der Waals surface area contributed by atoms with E-state index in [4.69, 9.17) is 9.47 Å². The van der Waals surface area contributed by atoms with E-state index in [0.29, 0.717) is 16.8 Å². The van der Waals surface area contributed by atoms with Gasteiger partial charge in [0.05, 0.1) is 13.2 Å². The molecule has 0 aromatic heterocycles. The fraction of sp³-hybridized carbons (Fsp3) is 0.448. The Morgan fingerprint density at radius 3 is 1.83 bits per heavy atom. The Labute approximate surface area is 213 Å². The van der Waals surface area contributed by atoms with E-state index in [1.54, 1.807) is 42.5 Å². The molecule has 1 amide bonds. The predicted octanol–water partition coefficient (Wildman–Crippen LogP) is 4.93. The highest BCUT2D eigenvalue weighted by Gasteiger charge is 2.24. The van der Waals surface area contributed by atoms with Gasteiger partial charge in [0.2, 0.25) is 5.91 Å². The monoisotopic (exact) mass is 495 g/mol. The molecule has 7 heteroatoms. The molecule has 2 aromatic rings. The highest BCUT2D eigenvalue weighted by atomic mass is 16.5. The summed E-state index contributed by atoms with van der Waals surface area (Å²) >= 11 is 0. The Bertz CT molecular complexity index is 1000. The number of nitrogens with one attached hydrogen (secondary N) is 1. The minimum atomic E-state index is -0.511. The van der Waals surface area contributed by atoms with Gasteiger partial charge in [0, 0.05) is 34.1 Å². The first-order valence-corrected chi connectivity index (χ1v) is 12.0. The van der Waals surface area contributed by atoms with Crippen molar-refractivity contribution in [2.24, 2.45) is 10.8 Å². The lowest BCUT2D eigenvalue weighted by Gasteiger charge is -2.17. The van der Waals surface area contributed by atoms with Crippen molar-refractivity contribution in [2.45, 2.75) is 48.0 Å². The van der Waals surface area contributed by atoms with Crippen molar-refractivity contribution in [1.29, 1.82) is 0 Å². The van der Waals surface area contributed by atoms with Gasteiger partial charge in [0.1, 0.15) is 13.2 Å². The van der Waals surface area contributed by atoms with Crippen LogP contribution in [0.3, 0.4) is 0 Å². The zero-order chi connectivity index (χ0) is 26.9. The van der Waals surface area contributed by atoms with Gasteiger partial charge in [0.15, 0.2) is 17.3 Å². The lowest BCUT2D eigenvalue weighted by molar-refractivity contribution is -0.125. The molecule has 2 aromatic carbocycles. The molecule has 0 heterocycles. The van der Waals surface area contributed by atoms with Crippen LogP contribution in [0.1, 0.15) is 67.8 Å². The maximum atomic E-state index is 12.4. The Balaban J connectivity index is 1.69. The number of ketones is 3. The van der Waals surface area contributed by atoms with Crippen molar-refractivity contribution in [3.8, 4) is 0 Å². The van der Waals surface area contributed by atoms with E-state index >= 15 is 0 Å². The summed E-state index contributed by atoms with van der Waals surface area (Å²) in [6.07, 6.45) is 0.172. The van der Waals surface area contributed by atoms with Gasteiger partial charge in [-0.3, -0.25) is 19.2 Å². The molecular formula is C29H37NO6. The number of hydrogen-bond acceptors (Lipinski definition) is 6. The SMILES string of the molecule is CC(C)(C)C(=O)c1cccc(CC(=O)COCCOCC(=O)Nc2cccc(C(=O)C(C)(C)C)c2)c1. The predicted molar refractivity (Wildman–Crippen MR) is 139 cm³/mol. The van der Waals surface area contributed by atoms with Crippen molar-refractivity contribution < 1.29 is 28.7 Å². The fourth-order valence-electron chi connectivity index (χ4n) is 3.37. The summed E-state index contributed by atoms with van der Waals surface area (Å²) in [6.45, 7) is 11.2. The molecule has 1 N–H and O–H groups in total. The lowest BCUT2D eigenvalue weighted by atomic mass is 9.86. The van der Waals surface area contributed by atoms with Crippen molar-refractivity contribution in [3.05, 3.63) is 65.2 Å². The lowest BCUT2D eigenvalue weighted by Crippen LogP contribution is -2.22. The second-order valence-electron chi connectivity index (χ2n) is 10.8. The summed E-state index contributed by atoms with van der Waals surface area (Å²) in [7, 11) is 0. The summed E-state index contributed by atoms with van der Waals surface area (Å²) < 4.78 is 10.7. The normalized spacial score (nSPS) is 11.7. The third-order valence-corrected chi connectivity index (χ3v) is 5.23. The van der Waals surface area contributed by atoms with Crippen molar-refractivity contribution in [1.82, 2.24) is 0 Å². The van der Waals surface area contributed by atoms with E-state index in [2.05, 4.69) is 5.32 Å². The molecule has 0 bridgehead atoms. The number of rotatable bonds is 12. The molecule has 36 heavy (non-hydrogen) atoms. The van der Waals surface area contributed by atoms with Gasteiger partial charge in [-0.15, -0.1) is 0 Å². The number of hydrogen-bond donors (Lipinski definition) is 1. The topological polar surface area (TPSA) is 98.8 Å². The van der Waals surface area contributed by atoms with Crippen LogP contribution in [0.2, 0.25) is 0 Å². The molecule has 2 rings (SSSR count). The highest BCUT2D eigenvalue weighted by molar-refractivity contribution is 6.01.